The number of ether oxygens (including phenoxy) is 4. The standard InChI is InChI=1S/C36H54O4/c1-5-7-9-11-13-15-33-25-37-35(39-27(33)3)31-21-17-29(18-22-31)30-19-23-32(24-20-30)36-38-26-34(28(4)40-36)16-14-12-10-8-6-2/h17-24,27-28,33-36H,5-16,25-26H2,1-4H3/t27-,28-,33+,34+,35+,36+/m0/s1. The fraction of sp³-hybridized carbons (Fsp3) is 0.667. The van der Waals surface area contributed by atoms with Gasteiger partial charge < -0.3 is 18.9 Å². The molecule has 0 N–H and O–H groups in total. The predicted octanol–water partition coefficient (Wildman–Crippen LogP) is 10.2. The molecule has 2 saturated heterocycles. The van der Waals surface area contributed by atoms with Gasteiger partial charge in [0.15, 0.2) is 12.6 Å². The predicted molar refractivity (Wildman–Crippen MR) is 164 cm³/mol. The minimum absolute atomic E-state index is 0.227. The second-order valence-electron chi connectivity index (χ2n) is 12.2. The van der Waals surface area contributed by atoms with Crippen LogP contribution in [-0.2, 0) is 18.9 Å². The highest BCUT2D eigenvalue weighted by atomic mass is 16.7. The van der Waals surface area contributed by atoms with Crippen LogP contribution >= 0.6 is 0 Å². The Morgan fingerprint density at radius 2 is 0.900 bits per heavy atom. The summed E-state index contributed by atoms with van der Waals surface area (Å²) >= 11 is 0. The lowest BCUT2D eigenvalue weighted by atomic mass is 9.95. The molecule has 0 aliphatic carbocycles. The highest BCUT2D eigenvalue weighted by molar-refractivity contribution is 5.64. The van der Waals surface area contributed by atoms with Crippen LogP contribution in [0, 0.1) is 11.8 Å². The van der Waals surface area contributed by atoms with Crippen LogP contribution in [0.25, 0.3) is 11.1 Å². The van der Waals surface area contributed by atoms with Gasteiger partial charge in [0.05, 0.1) is 25.4 Å². The molecule has 222 valence electrons. The Kier molecular flexibility index (Phi) is 13.0. The van der Waals surface area contributed by atoms with Gasteiger partial charge in [0, 0.05) is 23.0 Å². The summed E-state index contributed by atoms with van der Waals surface area (Å²) in [4.78, 5) is 0. The maximum absolute atomic E-state index is 6.29. The third kappa shape index (κ3) is 9.14. The number of unbranched alkanes of at least 4 members (excludes halogenated alkanes) is 8. The van der Waals surface area contributed by atoms with Crippen molar-refractivity contribution < 1.29 is 18.9 Å². The van der Waals surface area contributed by atoms with Crippen molar-refractivity contribution in [1.82, 2.24) is 0 Å². The highest BCUT2D eigenvalue weighted by Gasteiger charge is 2.30. The Morgan fingerprint density at radius 3 is 1.25 bits per heavy atom. The second kappa shape index (κ2) is 16.7. The van der Waals surface area contributed by atoms with E-state index in [-0.39, 0.29) is 24.8 Å². The fourth-order valence-corrected chi connectivity index (χ4v) is 6.05. The van der Waals surface area contributed by atoms with Crippen molar-refractivity contribution in [2.24, 2.45) is 11.8 Å². The highest BCUT2D eigenvalue weighted by Crippen LogP contribution is 2.35. The van der Waals surface area contributed by atoms with Gasteiger partial charge in [0.1, 0.15) is 0 Å². The molecule has 2 fully saturated rings. The molecule has 0 aromatic heterocycles. The van der Waals surface area contributed by atoms with Gasteiger partial charge in [-0.05, 0) is 37.8 Å². The van der Waals surface area contributed by atoms with Crippen LogP contribution in [0.5, 0.6) is 0 Å². The minimum atomic E-state index is -0.273. The van der Waals surface area contributed by atoms with Gasteiger partial charge in [-0.25, -0.2) is 0 Å². The zero-order valence-electron chi connectivity index (χ0n) is 25.6. The first-order valence-electron chi connectivity index (χ1n) is 16.3. The number of rotatable bonds is 15. The van der Waals surface area contributed by atoms with Crippen molar-refractivity contribution in [3.05, 3.63) is 59.7 Å². The summed E-state index contributed by atoms with van der Waals surface area (Å²) in [5, 5.41) is 0. The van der Waals surface area contributed by atoms with Crippen LogP contribution < -0.4 is 0 Å². The lowest BCUT2D eigenvalue weighted by Crippen LogP contribution is -2.34. The molecular weight excluding hydrogens is 496 g/mol. The van der Waals surface area contributed by atoms with Crippen molar-refractivity contribution in [2.45, 2.75) is 130 Å². The topological polar surface area (TPSA) is 36.9 Å². The molecule has 2 aromatic carbocycles. The molecule has 2 aliphatic heterocycles. The molecule has 0 saturated carbocycles. The molecule has 2 aliphatic rings. The van der Waals surface area contributed by atoms with E-state index < -0.39 is 0 Å². The van der Waals surface area contributed by atoms with Gasteiger partial charge in [0.2, 0.25) is 0 Å². The molecule has 2 aromatic rings. The fourth-order valence-electron chi connectivity index (χ4n) is 6.05. The molecular formula is C36H54O4. The van der Waals surface area contributed by atoms with Crippen LogP contribution in [0.3, 0.4) is 0 Å². The number of benzene rings is 2. The third-order valence-electron chi connectivity index (χ3n) is 8.98. The van der Waals surface area contributed by atoms with Crippen LogP contribution in [-0.4, -0.2) is 25.4 Å². The van der Waals surface area contributed by atoms with E-state index >= 15 is 0 Å². The minimum Gasteiger partial charge on any atom is -0.348 e. The van der Waals surface area contributed by atoms with Gasteiger partial charge in [0.25, 0.3) is 0 Å². The van der Waals surface area contributed by atoms with E-state index in [4.69, 9.17) is 18.9 Å². The van der Waals surface area contributed by atoms with E-state index in [1.165, 1.54) is 88.2 Å². The number of hydrogen-bond donors (Lipinski definition) is 0. The van der Waals surface area contributed by atoms with E-state index in [2.05, 4.69) is 76.2 Å². The van der Waals surface area contributed by atoms with E-state index in [0.29, 0.717) is 11.8 Å². The maximum Gasteiger partial charge on any atom is 0.184 e. The Morgan fingerprint density at radius 1 is 0.525 bits per heavy atom. The first-order chi connectivity index (χ1) is 19.6. The SMILES string of the molecule is CCCCCCC[C@@H]1CO[C@@H](c2ccc(-c3ccc([C@@H]4OC[C@@H](CCCCCCC)[C@H](C)O4)cc3)cc2)O[C@H]1C. The summed E-state index contributed by atoms with van der Waals surface area (Å²) in [6, 6.07) is 17.2. The maximum atomic E-state index is 6.29. The van der Waals surface area contributed by atoms with Crippen LogP contribution in [0.4, 0.5) is 0 Å². The summed E-state index contributed by atoms with van der Waals surface area (Å²) in [6.07, 6.45) is 15.5. The zero-order chi connectivity index (χ0) is 28.2. The van der Waals surface area contributed by atoms with Gasteiger partial charge in [-0.2, -0.15) is 0 Å². The van der Waals surface area contributed by atoms with Gasteiger partial charge in [-0.1, -0.05) is 127 Å². The summed E-state index contributed by atoms with van der Waals surface area (Å²) < 4.78 is 24.9. The molecule has 40 heavy (non-hydrogen) atoms. The van der Waals surface area contributed by atoms with Crippen molar-refractivity contribution in [2.75, 3.05) is 13.2 Å². The monoisotopic (exact) mass is 550 g/mol. The summed E-state index contributed by atoms with van der Waals surface area (Å²) in [5.41, 5.74) is 4.55. The summed E-state index contributed by atoms with van der Waals surface area (Å²) in [5.74, 6) is 0.995. The molecule has 4 heteroatoms. The molecule has 0 amide bonds. The van der Waals surface area contributed by atoms with Crippen molar-refractivity contribution in [1.29, 1.82) is 0 Å². The van der Waals surface area contributed by atoms with E-state index in [9.17, 15) is 0 Å². The normalized spacial score (nSPS) is 27.1. The quantitative estimate of drug-likeness (QED) is 0.207. The van der Waals surface area contributed by atoms with E-state index in [0.717, 1.165) is 24.3 Å². The van der Waals surface area contributed by atoms with Crippen LogP contribution in [0.2, 0.25) is 0 Å². The van der Waals surface area contributed by atoms with E-state index in [1.807, 2.05) is 0 Å². The first kappa shape index (κ1) is 31.2. The largest absolute Gasteiger partial charge is 0.348 e. The molecule has 0 radical (unpaired) electrons. The molecule has 0 spiro atoms. The lowest BCUT2D eigenvalue weighted by molar-refractivity contribution is -0.237. The number of hydrogen-bond acceptors (Lipinski definition) is 4. The van der Waals surface area contributed by atoms with Gasteiger partial charge in [-0.15, -0.1) is 0 Å². The molecule has 4 nitrogen and oxygen atoms in total. The third-order valence-corrected chi connectivity index (χ3v) is 8.98. The second-order valence-corrected chi connectivity index (χ2v) is 12.2. The molecule has 0 bridgehead atoms. The van der Waals surface area contributed by atoms with Crippen LogP contribution in [0.15, 0.2) is 48.5 Å². The zero-order valence-corrected chi connectivity index (χ0v) is 25.6. The van der Waals surface area contributed by atoms with Crippen molar-refractivity contribution >= 4 is 0 Å². The van der Waals surface area contributed by atoms with Crippen molar-refractivity contribution in [3.63, 3.8) is 0 Å². The summed E-state index contributed by atoms with van der Waals surface area (Å²) in [7, 11) is 0. The Bertz CT molecular complexity index is 876. The molecule has 0 unspecified atom stereocenters. The Labute approximate surface area is 244 Å². The Hall–Kier alpha value is -1.72. The van der Waals surface area contributed by atoms with E-state index in [1.54, 1.807) is 0 Å². The van der Waals surface area contributed by atoms with Crippen molar-refractivity contribution in [3.8, 4) is 11.1 Å². The average molecular weight is 551 g/mol. The Balaban J connectivity index is 1.23. The lowest BCUT2D eigenvalue weighted by Gasteiger charge is -2.35. The van der Waals surface area contributed by atoms with Crippen LogP contribution in [0.1, 0.15) is 128 Å². The summed E-state index contributed by atoms with van der Waals surface area (Å²) in [6.45, 7) is 10.5. The average Bonchev–Trinajstić information content (AvgIpc) is 2.98. The smallest absolute Gasteiger partial charge is 0.184 e. The van der Waals surface area contributed by atoms with Gasteiger partial charge >= 0.3 is 0 Å². The molecule has 2 heterocycles. The first-order valence-corrected chi connectivity index (χ1v) is 16.3. The van der Waals surface area contributed by atoms with Gasteiger partial charge in [-0.3, -0.25) is 0 Å². The molecule has 4 rings (SSSR count). The molecule has 6 atom stereocenters.